The molecule has 1 nitrogen and oxygen atoms in total. The molecule has 0 saturated heterocycles. The molecule has 1 saturated carbocycles. The predicted molar refractivity (Wildman–Crippen MR) is 73.7 cm³/mol. The van der Waals surface area contributed by atoms with E-state index in [1.165, 1.54) is 18.9 Å². The molecule has 0 N–H and O–H groups in total. The van der Waals surface area contributed by atoms with Gasteiger partial charge in [0.1, 0.15) is 17.7 Å². The number of fused-ring (bicyclic) bond motifs is 1. The average Bonchev–Trinajstić information content (AvgIpc) is 2.86. The minimum absolute atomic E-state index is 0.159. The Kier molecular flexibility index (Phi) is 3.35. The molecule has 3 heteroatoms. The fraction of sp³-hybridized carbons (Fsp3) is 0.600. The smallest absolute Gasteiger partial charge is 0.123 e. The highest BCUT2D eigenvalue weighted by molar-refractivity contribution is 9.09. The molecule has 18 heavy (non-hydrogen) atoms. The van der Waals surface area contributed by atoms with Crippen LogP contribution in [0.3, 0.4) is 0 Å². The molecule has 4 atom stereocenters. The SMILES string of the molecule is CC1C(Br)CCC1CC1Cc2cc(F)ccc2O1. The van der Waals surface area contributed by atoms with Gasteiger partial charge < -0.3 is 4.74 Å². The maximum atomic E-state index is 13.1. The van der Waals surface area contributed by atoms with Crippen LogP contribution < -0.4 is 4.74 Å². The molecule has 0 amide bonds. The maximum absolute atomic E-state index is 13.1. The molecule has 0 radical (unpaired) electrons. The number of hydrogen-bond acceptors (Lipinski definition) is 1. The molecule has 1 fully saturated rings. The van der Waals surface area contributed by atoms with Gasteiger partial charge in [-0.25, -0.2) is 4.39 Å². The molecule has 0 aromatic heterocycles. The molecule has 4 unspecified atom stereocenters. The molecular weight excluding hydrogens is 295 g/mol. The van der Waals surface area contributed by atoms with Crippen LogP contribution in [0.15, 0.2) is 18.2 Å². The molecule has 98 valence electrons. The van der Waals surface area contributed by atoms with Gasteiger partial charge in [0.2, 0.25) is 0 Å². The van der Waals surface area contributed by atoms with Crippen molar-refractivity contribution in [3.05, 3.63) is 29.6 Å². The van der Waals surface area contributed by atoms with Gasteiger partial charge >= 0.3 is 0 Å². The Morgan fingerprint density at radius 2 is 2.22 bits per heavy atom. The van der Waals surface area contributed by atoms with Gasteiger partial charge in [-0.3, -0.25) is 0 Å². The highest BCUT2D eigenvalue weighted by Crippen LogP contribution is 2.41. The largest absolute Gasteiger partial charge is 0.490 e. The van der Waals surface area contributed by atoms with Crippen LogP contribution in [0.4, 0.5) is 4.39 Å². The maximum Gasteiger partial charge on any atom is 0.123 e. The zero-order valence-corrected chi connectivity index (χ0v) is 12.1. The predicted octanol–water partition coefficient (Wildman–Crippen LogP) is 4.33. The van der Waals surface area contributed by atoms with E-state index in [0.717, 1.165) is 30.1 Å². The van der Waals surface area contributed by atoms with Gasteiger partial charge in [-0.2, -0.15) is 0 Å². The topological polar surface area (TPSA) is 9.23 Å². The Morgan fingerprint density at radius 3 is 2.94 bits per heavy atom. The lowest BCUT2D eigenvalue weighted by molar-refractivity contribution is 0.181. The average molecular weight is 313 g/mol. The van der Waals surface area contributed by atoms with Crippen molar-refractivity contribution < 1.29 is 9.13 Å². The van der Waals surface area contributed by atoms with Crippen LogP contribution in [-0.4, -0.2) is 10.9 Å². The normalized spacial score (nSPS) is 34.4. The Bertz CT molecular complexity index is 448. The van der Waals surface area contributed by atoms with E-state index in [4.69, 9.17) is 4.74 Å². The molecule has 0 bridgehead atoms. The number of alkyl halides is 1. The summed E-state index contributed by atoms with van der Waals surface area (Å²) in [6, 6.07) is 4.85. The molecule has 1 aliphatic heterocycles. The van der Waals surface area contributed by atoms with Crippen LogP contribution in [0, 0.1) is 17.7 Å². The first-order chi connectivity index (χ1) is 8.63. The third-order valence-electron chi connectivity index (χ3n) is 4.46. The van der Waals surface area contributed by atoms with E-state index in [0.29, 0.717) is 10.7 Å². The fourth-order valence-electron chi connectivity index (χ4n) is 3.29. The standard InChI is InChI=1S/C15H18BrFO/c1-9-10(2-4-14(9)16)7-13-8-11-6-12(17)3-5-15(11)18-13/h3,5-6,9-10,13-14H,2,4,7-8H2,1H3. The molecule has 3 rings (SSSR count). The lowest BCUT2D eigenvalue weighted by Gasteiger charge is -2.20. The van der Waals surface area contributed by atoms with E-state index in [1.807, 2.05) is 0 Å². The first kappa shape index (κ1) is 12.5. The molecule has 1 aromatic carbocycles. The Balaban J connectivity index is 1.64. The summed E-state index contributed by atoms with van der Waals surface area (Å²) in [5.74, 6) is 2.17. The highest BCUT2D eigenvalue weighted by Gasteiger charge is 2.34. The second-order valence-corrected chi connectivity index (χ2v) is 6.82. The summed E-state index contributed by atoms with van der Waals surface area (Å²) in [4.78, 5) is 0.656. The number of benzene rings is 1. The first-order valence-electron chi connectivity index (χ1n) is 6.72. The molecule has 1 heterocycles. The van der Waals surface area contributed by atoms with Gasteiger partial charge in [0.05, 0.1) is 0 Å². The molecule has 1 aliphatic carbocycles. The van der Waals surface area contributed by atoms with Crippen LogP contribution in [0.1, 0.15) is 31.7 Å². The van der Waals surface area contributed by atoms with Crippen LogP contribution in [0.25, 0.3) is 0 Å². The fourth-order valence-corrected chi connectivity index (χ4v) is 3.98. The minimum atomic E-state index is -0.159. The van der Waals surface area contributed by atoms with Crippen molar-refractivity contribution in [2.24, 2.45) is 11.8 Å². The van der Waals surface area contributed by atoms with Gasteiger partial charge in [-0.05, 0) is 49.3 Å². The molecular formula is C15H18BrFO. The third kappa shape index (κ3) is 2.29. The second-order valence-electron chi connectivity index (χ2n) is 5.64. The van der Waals surface area contributed by atoms with Crippen molar-refractivity contribution in [1.82, 2.24) is 0 Å². The van der Waals surface area contributed by atoms with Crippen LogP contribution in [0.2, 0.25) is 0 Å². The van der Waals surface area contributed by atoms with Crippen LogP contribution >= 0.6 is 15.9 Å². The van der Waals surface area contributed by atoms with Crippen molar-refractivity contribution >= 4 is 15.9 Å². The van der Waals surface area contributed by atoms with Crippen LogP contribution in [-0.2, 0) is 6.42 Å². The molecule has 0 spiro atoms. The first-order valence-corrected chi connectivity index (χ1v) is 7.64. The number of rotatable bonds is 2. The van der Waals surface area contributed by atoms with E-state index < -0.39 is 0 Å². The van der Waals surface area contributed by atoms with Gasteiger partial charge in [0.15, 0.2) is 0 Å². The van der Waals surface area contributed by atoms with Gasteiger partial charge in [0.25, 0.3) is 0 Å². The van der Waals surface area contributed by atoms with Crippen molar-refractivity contribution in [3.63, 3.8) is 0 Å². The summed E-state index contributed by atoms with van der Waals surface area (Å²) >= 11 is 3.74. The summed E-state index contributed by atoms with van der Waals surface area (Å²) in [6.07, 6.45) is 4.75. The Labute approximate surface area is 116 Å². The summed E-state index contributed by atoms with van der Waals surface area (Å²) in [6.45, 7) is 2.32. The van der Waals surface area contributed by atoms with Crippen LogP contribution in [0.5, 0.6) is 5.75 Å². The zero-order chi connectivity index (χ0) is 12.7. The Morgan fingerprint density at radius 1 is 1.39 bits per heavy atom. The Hall–Kier alpha value is -0.570. The van der Waals surface area contributed by atoms with Gasteiger partial charge in [-0.15, -0.1) is 0 Å². The van der Waals surface area contributed by atoms with Gasteiger partial charge in [0, 0.05) is 16.8 Å². The van der Waals surface area contributed by atoms with E-state index >= 15 is 0 Å². The zero-order valence-electron chi connectivity index (χ0n) is 10.5. The molecule has 1 aromatic rings. The van der Waals surface area contributed by atoms with Crippen molar-refractivity contribution in [3.8, 4) is 5.75 Å². The van der Waals surface area contributed by atoms with E-state index in [-0.39, 0.29) is 11.9 Å². The molecule has 2 aliphatic rings. The van der Waals surface area contributed by atoms with Crippen molar-refractivity contribution in [2.75, 3.05) is 0 Å². The number of hydrogen-bond donors (Lipinski definition) is 0. The lowest BCUT2D eigenvalue weighted by Crippen LogP contribution is -2.21. The summed E-state index contributed by atoms with van der Waals surface area (Å²) in [5, 5.41) is 0. The summed E-state index contributed by atoms with van der Waals surface area (Å²) in [7, 11) is 0. The van der Waals surface area contributed by atoms with E-state index in [9.17, 15) is 4.39 Å². The summed E-state index contributed by atoms with van der Waals surface area (Å²) in [5.41, 5.74) is 1.03. The summed E-state index contributed by atoms with van der Waals surface area (Å²) < 4.78 is 19.1. The monoisotopic (exact) mass is 312 g/mol. The highest BCUT2D eigenvalue weighted by atomic mass is 79.9. The second kappa shape index (κ2) is 4.84. The number of halogens is 2. The third-order valence-corrected chi connectivity index (χ3v) is 5.75. The van der Waals surface area contributed by atoms with E-state index in [2.05, 4.69) is 22.9 Å². The van der Waals surface area contributed by atoms with Gasteiger partial charge in [-0.1, -0.05) is 22.9 Å². The van der Waals surface area contributed by atoms with Crippen molar-refractivity contribution in [1.29, 1.82) is 0 Å². The minimum Gasteiger partial charge on any atom is -0.490 e. The lowest BCUT2D eigenvalue weighted by atomic mass is 9.91. The quantitative estimate of drug-likeness (QED) is 0.739. The van der Waals surface area contributed by atoms with E-state index in [1.54, 1.807) is 12.1 Å². The van der Waals surface area contributed by atoms with Crippen molar-refractivity contribution in [2.45, 2.75) is 43.5 Å². The number of ether oxygens (including phenoxy) is 1.